The molecule has 0 aliphatic carbocycles. The second-order valence-electron chi connectivity index (χ2n) is 6.32. The highest BCUT2D eigenvalue weighted by atomic mass is 32.1. The SMILES string of the molecule is C=CC(=O)Nc1sc2c(c1-c1nc3cc(C(F)(F)F)ccc3s1)CCN(N)C2. The summed E-state index contributed by atoms with van der Waals surface area (Å²) in [5, 5.41) is 5.68. The standard InChI is InChI=1S/C18H15F3N4OS2/c1-2-14(26)24-17-15(10-5-6-25(22)8-13(10)28-17)16-23-11-7-9(18(19,20)21)3-4-12(11)27-16/h2-4,7H,1,5-6,8,22H2,(H,24,26). The van der Waals surface area contributed by atoms with Crippen molar-refractivity contribution in [3.8, 4) is 10.6 Å². The van der Waals surface area contributed by atoms with Gasteiger partial charge in [-0.05, 0) is 36.3 Å². The zero-order chi connectivity index (χ0) is 20.1. The van der Waals surface area contributed by atoms with Gasteiger partial charge < -0.3 is 5.32 Å². The lowest BCUT2D eigenvalue weighted by Gasteiger charge is -2.21. The molecule has 1 aliphatic rings. The molecular formula is C18H15F3N4OS2. The van der Waals surface area contributed by atoms with E-state index in [4.69, 9.17) is 5.84 Å². The molecule has 0 spiro atoms. The third kappa shape index (κ3) is 3.44. The second kappa shape index (κ2) is 6.96. The number of aromatic nitrogens is 1. The van der Waals surface area contributed by atoms with E-state index in [1.807, 2.05) is 0 Å². The van der Waals surface area contributed by atoms with Crippen LogP contribution in [0.5, 0.6) is 0 Å². The molecule has 146 valence electrons. The number of carbonyl (C=O) groups is 1. The van der Waals surface area contributed by atoms with Crippen LogP contribution in [0.2, 0.25) is 0 Å². The molecular weight excluding hydrogens is 409 g/mol. The zero-order valence-electron chi connectivity index (χ0n) is 14.5. The lowest BCUT2D eigenvalue weighted by molar-refractivity contribution is -0.137. The molecule has 0 saturated carbocycles. The smallest absolute Gasteiger partial charge is 0.314 e. The van der Waals surface area contributed by atoms with Gasteiger partial charge in [0.05, 0.1) is 15.8 Å². The molecule has 1 amide bonds. The molecule has 0 saturated heterocycles. The fourth-order valence-corrected chi connectivity index (χ4v) is 5.48. The number of thiazole rings is 1. The minimum Gasteiger partial charge on any atom is -0.314 e. The van der Waals surface area contributed by atoms with Gasteiger partial charge in [-0.15, -0.1) is 22.7 Å². The summed E-state index contributed by atoms with van der Waals surface area (Å²) in [6.45, 7) is 4.65. The molecule has 1 aromatic carbocycles. The summed E-state index contributed by atoms with van der Waals surface area (Å²) in [5.41, 5.74) is 1.34. The van der Waals surface area contributed by atoms with Gasteiger partial charge in [-0.25, -0.2) is 9.99 Å². The van der Waals surface area contributed by atoms with Gasteiger partial charge in [0.1, 0.15) is 10.0 Å². The van der Waals surface area contributed by atoms with Crippen molar-refractivity contribution in [2.24, 2.45) is 5.84 Å². The van der Waals surface area contributed by atoms with Crippen LogP contribution in [-0.4, -0.2) is 22.4 Å². The van der Waals surface area contributed by atoms with Crippen molar-refractivity contribution in [1.82, 2.24) is 9.99 Å². The van der Waals surface area contributed by atoms with E-state index in [-0.39, 0.29) is 11.4 Å². The Hall–Kier alpha value is -2.27. The molecule has 0 atom stereocenters. The number of hydrogen-bond donors (Lipinski definition) is 2. The number of alkyl halides is 3. The van der Waals surface area contributed by atoms with E-state index in [0.717, 1.165) is 28.1 Å². The lowest BCUT2D eigenvalue weighted by atomic mass is 10.0. The summed E-state index contributed by atoms with van der Waals surface area (Å²) in [7, 11) is 0. The largest absolute Gasteiger partial charge is 0.416 e. The van der Waals surface area contributed by atoms with Crippen LogP contribution in [0, 0.1) is 0 Å². The Morgan fingerprint density at radius 3 is 2.86 bits per heavy atom. The highest BCUT2D eigenvalue weighted by Crippen LogP contribution is 2.45. The number of carbonyl (C=O) groups excluding carboxylic acids is 1. The maximum absolute atomic E-state index is 13.0. The molecule has 3 heterocycles. The van der Waals surface area contributed by atoms with Crippen LogP contribution < -0.4 is 11.2 Å². The van der Waals surface area contributed by atoms with Crippen LogP contribution in [0.1, 0.15) is 16.0 Å². The van der Waals surface area contributed by atoms with Crippen molar-refractivity contribution in [3.05, 3.63) is 46.9 Å². The van der Waals surface area contributed by atoms with Crippen molar-refractivity contribution >= 4 is 43.8 Å². The number of halogens is 3. The zero-order valence-corrected chi connectivity index (χ0v) is 16.1. The van der Waals surface area contributed by atoms with E-state index in [1.54, 1.807) is 5.01 Å². The van der Waals surface area contributed by atoms with E-state index in [9.17, 15) is 18.0 Å². The van der Waals surface area contributed by atoms with Crippen molar-refractivity contribution in [2.45, 2.75) is 19.1 Å². The van der Waals surface area contributed by atoms with E-state index >= 15 is 0 Å². The summed E-state index contributed by atoms with van der Waals surface area (Å²) in [4.78, 5) is 17.3. The molecule has 1 aliphatic heterocycles. The molecule has 10 heteroatoms. The first kappa shape index (κ1) is 19.1. The fourth-order valence-electron chi connectivity index (χ4n) is 3.11. The predicted octanol–water partition coefficient (Wildman–Crippen LogP) is 4.40. The van der Waals surface area contributed by atoms with Gasteiger partial charge in [0.25, 0.3) is 0 Å². The Labute approximate surface area is 166 Å². The first-order valence-corrected chi connectivity index (χ1v) is 9.95. The van der Waals surface area contributed by atoms with E-state index in [1.165, 1.54) is 34.8 Å². The number of hydrogen-bond acceptors (Lipinski definition) is 6. The molecule has 0 bridgehead atoms. The molecule has 2 aromatic heterocycles. The number of anilines is 1. The number of amides is 1. The van der Waals surface area contributed by atoms with Gasteiger partial charge in [-0.1, -0.05) is 6.58 Å². The number of hydrazine groups is 1. The Bertz CT molecular complexity index is 1090. The molecule has 0 unspecified atom stereocenters. The van der Waals surface area contributed by atoms with Crippen LogP contribution in [0.4, 0.5) is 18.2 Å². The van der Waals surface area contributed by atoms with Crippen molar-refractivity contribution < 1.29 is 18.0 Å². The summed E-state index contributed by atoms with van der Waals surface area (Å²) in [5.74, 6) is 5.55. The number of thiophene rings is 1. The average Bonchev–Trinajstić information content (AvgIpc) is 3.19. The molecule has 3 N–H and O–H groups in total. The Kier molecular flexibility index (Phi) is 4.74. The quantitative estimate of drug-likeness (QED) is 0.483. The van der Waals surface area contributed by atoms with Gasteiger partial charge in [0.2, 0.25) is 5.91 Å². The number of nitrogens with one attached hydrogen (secondary N) is 1. The van der Waals surface area contributed by atoms with Gasteiger partial charge in [0, 0.05) is 23.5 Å². The highest BCUT2D eigenvalue weighted by molar-refractivity contribution is 7.23. The molecule has 0 fully saturated rings. The minimum absolute atomic E-state index is 0.284. The van der Waals surface area contributed by atoms with E-state index in [2.05, 4.69) is 16.9 Å². The van der Waals surface area contributed by atoms with Crippen molar-refractivity contribution in [1.29, 1.82) is 0 Å². The van der Waals surface area contributed by atoms with E-state index in [0.29, 0.717) is 34.2 Å². The fraction of sp³-hybridized carbons (Fsp3) is 0.222. The lowest BCUT2D eigenvalue weighted by Crippen LogP contribution is -2.35. The van der Waals surface area contributed by atoms with Gasteiger partial charge >= 0.3 is 6.18 Å². The highest BCUT2D eigenvalue weighted by Gasteiger charge is 2.31. The summed E-state index contributed by atoms with van der Waals surface area (Å²) in [6, 6.07) is 3.54. The topological polar surface area (TPSA) is 71.2 Å². The van der Waals surface area contributed by atoms with Gasteiger partial charge in [-0.2, -0.15) is 13.2 Å². The second-order valence-corrected chi connectivity index (χ2v) is 8.46. The van der Waals surface area contributed by atoms with E-state index < -0.39 is 11.7 Å². The average molecular weight is 424 g/mol. The monoisotopic (exact) mass is 424 g/mol. The predicted molar refractivity (Wildman–Crippen MR) is 105 cm³/mol. The molecule has 3 aromatic rings. The first-order valence-electron chi connectivity index (χ1n) is 8.32. The van der Waals surface area contributed by atoms with Crippen LogP contribution in [-0.2, 0) is 23.9 Å². The van der Waals surface area contributed by atoms with Crippen LogP contribution >= 0.6 is 22.7 Å². The van der Waals surface area contributed by atoms with Gasteiger partial charge in [0.15, 0.2) is 0 Å². The van der Waals surface area contributed by atoms with Crippen molar-refractivity contribution in [2.75, 3.05) is 11.9 Å². The minimum atomic E-state index is -4.42. The Morgan fingerprint density at radius 1 is 1.36 bits per heavy atom. The molecule has 0 radical (unpaired) electrons. The summed E-state index contributed by atoms with van der Waals surface area (Å²) < 4.78 is 39.7. The molecule has 4 rings (SSSR count). The number of rotatable bonds is 3. The molecule has 5 nitrogen and oxygen atoms in total. The summed E-state index contributed by atoms with van der Waals surface area (Å²) in [6.07, 6.45) is -2.58. The number of nitrogens with two attached hydrogens (primary N) is 1. The van der Waals surface area contributed by atoms with Gasteiger partial charge in [-0.3, -0.25) is 10.6 Å². The normalized spacial score (nSPS) is 14.9. The van der Waals surface area contributed by atoms with Crippen LogP contribution in [0.15, 0.2) is 30.9 Å². The number of fused-ring (bicyclic) bond motifs is 2. The number of nitrogens with zero attached hydrogens (tertiary/aromatic N) is 2. The Morgan fingerprint density at radius 2 is 2.14 bits per heavy atom. The summed E-state index contributed by atoms with van der Waals surface area (Å²) >= 11 is 2.71. The maximum Gasteiger partial charge on any atom is 0.416 e. The van der Waals surface area contributed by atoms with Crippen molar-refractivity contribution in [3.63, 3.8) is 0 Å². The number of benzene rings is 1. The maximum atomic E-state index is 13.0. The Balaban J connectivity index is 1.85. The third-order valence-electron chi connectivity index (χ3n) is 4.44. The van der Waals surface area contributed by atoms with Crippen LogP contribution in [0.25, 0.3) is 20.8 Å². The van der Waals surface area contributed by atoms with Crippen LogP contribution in [0.3, 0.4) is 0 Å². The molecule has 28 heavy (non-hydrogen) atoms. The first-order chi connectivity index (χ1) is 13.3. The third-order valence-corrected chi connectivity index (χ3v) is 6.62.